The number of aromatic nitrogens is 3. The fraction of sp³-hybridized carbons (Fsp3) is 0.130. The zero-order valence-electron chi connectivity index (χ0n) is 16.5. The summed E-state index contributed by atoms with van der Waals surface area (Å²) in [5.74, 6) is 0.777. The standard InChI is InChI=1S/C23H21N5O/c1-14-9-10-15(2)19(12-14)28-23(29)20-13-21(26-16(3)25-20)27-18-8-4-6-17-7-5-11-24-22(17)18/h4-13H,1-3H3,(H,28,29)(H,25,26,27). The lowest BCUT2D eigenvalue weighted by atomic mass is 10.1. The van der Waals surface area contributed by atoms with E-state index >= 15 is 0 Å². The van der Waals surface area contributed by atoms with Crippen molar-refractivity contribution in [2.45, 2.75) is 20.8 Å². The smallest absolute Gasteiger partial charge is 0.274 e. The molecule has 0 aliphatic carbocycles. The second-order valence-electron chi connectivity index (χ2n) is 6.96. The molecule has 2 aromatic carbocycles. The minimum absolute atomic E-state index is 0.275. The molecule has 4 rings (SSSR count). The molecule has 6 heteroatoms. The first-order chi connectivity index (χ1) is 14.0. The molecule has 2 aromatic heterocycles. The Bertz CT molecular complexity index is 1210. The highest BCUT2D eigenvalue weighted by Gasteiger charge is 2.13. The molecule has 0 radical (unpaired) electrons. The number of pyridine rings is 1. The predicted octanol–water partition coefficient (Wildman–Crippen LogP) is 4.95. The highest BCUT2D eigenvalue weighted by molar-refractivity contribution is 6.04. The molecule has 6 nitrogen and oxygen atoms in total. The van der Waals surface area contributed by atoms with Crippen molar-refractivity contribution in [1.29, 1.82) is 0 Å². The molecule has 1 amide bonds. The maximum absolute atomic E-state index is 12.8. The van der Waals surface area contributed by atoms with Gasteiger partial charge in [-0.05, 0) is 50.1 Å². The maximum Gasteiger partial charge on any atom is 0.274 e. The number of carbonyl (C=O) groups is 1. The van der Waals surface area contributed by atoms with Crippen molar-refractivity contribution in [3.63, 3.8) is 0 Å². The molecule has 0 saturated heterocycles. The molecule has 0 aliphatic rings. The Morgan fingerprint density at radius 3 is 2.59 bits per heavy atom. The number of anilines is 3. The zero-order valence-corrected chi connectivity index (χ0v) is 16.5. The maximum atomic E-state index is 12.8. The molecule has 2 heterocycles. The first-order valence-corrected chi connectivity index (χ1v) is 9.35. The summed E-state index contributed by atoms with van der Waals surface area (Å²) in [4.78, 5) is 26.0. The first-order valence-electron chi connectivity index (χ1n) is 9.35. The van der Waals surface area contributed by atoms with Gasteiger partial charge in [-0.1, -0.05) is 30.3 Å². The van der Waals surface area contributed by atoms with Crippen LogP contribution in [-0.2, 0) is 0 Å². The van der Waals surface area contributed by atoms with Crippen LogP contribution in [-0.4, -0.2) is 20.9 Å². The van der Waals surface area contributed by atoms with Crippen LogP contribution in [0.5, 0.6) is 0 Å². The van der Waals surface area contributed by atoms with Crippen molar-refractivity contribution >= 4 is 34.0 Å². The van der Waals surface area contributed by atoms with E-state index in [4.69, 9.17) is 0 Å². The van der Waals surface area contributed by atoms with Crippen molar-refractivity contribution < 1.29 is 4.79 Å². The summed E-state index contributed by atoms with van der Waals surface area (Å²) in [7, 11) is 0. The summed E-state index contributed by atoms with van der Waals surface area (Å²) in [6.07, 6.45) is 1.75. The van der Waals surface area contributed by atoms with Crippen LogP contribution in [0.15, 0.2) is 60.8 Å². The number of rotatable bonds is 4. The van der Waals surface area contributed by atoms with Gasteiger partial charge in [0.05, 0.1) is 11.2 Å². The SMILES string of the molecule is Cc1ccc(C)c(NC(=O)c2cc(Nc3cccc4cccnc34)nc(C)n2)c1. The zero-order chi connectivity index (χ0) is 20.4. The van der Waals surface area contributed by atoms with Gasteiger partial charge in [0.2, 0.25) is 0 Å². The van der Waals surface area contributed by atoms with Gasteiger partial charge >= 0.3 is 0 Å². The van der Waals surface area contributed by atoms with E-state index in [1.54, 1.807) is 19.2 Å². The summed E-state index contributed by atoms with van der Waals surface area (Å²) in [6.45, 7) is 5.71. The minimum atomic E-state index is -0.275. The Kier molecular flexibility index (Phi) is 4.91. The van der Waals surface area contributed by atoms with E-state index in [1.807, 2.05) is 62.4 Å². The fourth-order valence-corrected chi connectivity index (χ4v) is 3.15. The van der Waals surface area contributed by atoms with Crippen LogP contribution in [0.4, 0.5) is 17.2 Å². The highest BCUT2D eigenvalue weighted by atomic mass is 16.1. The number of amides is 1. The Morgan fingerprint density at radius 1 is 0.897 bits per heavy atom. The second kappa shape index (κ2) is 7.67. The van der Waals surface area contributed by atoms with Gasteiger partial charge in [0.1, 0.15) is 17.3 Å². The van der Waals surface area contributed by atoms with Crippen LogP contribution in [0.3, 0.4) is 0 Å². The van der Waals surface area contributed by atoms with Crippen LogP contribution >= 0.6 is 0 Å². The average Bonchev–Trinajstić information content (AvgIpc) is 2.70. The third kappa shape index (κ3) is 4.06. The molecule has 0 fully saturated rings. The number of fused-ring (bicyclic) bond motifs is 1. The first kappa shape index (κ1) is 18.6. The number of nitrogens with zero attached hydrogens (tertiary/aromatic N) is 3. The van der Waals surface area contributed by atoms with Crippen molar-refractivity contribution in [2.24, 2.45) is 0 Å². The number of hydrogen-bond donors (Lipinski definition) is 2. The van der Waals surface area contributed by atoms with Gasteiger partial charge in [0.15, 0.2) is 0 Å². The summed E-state index contributed by atoms with van der Waals surface area (Å²) < 4.78 is 0. The van der Waals surface area contributed by atoms with E-state index in [9.17, 15) is 4.79 Å². The number of benzene rings is 2. The van der Waals surface area contributed by atoms with E-state index in [1.165, 1.54) is 0 Å². The van der Waals surface area contributed by atoms with E-state index in [-0.39, 0.29) is 5.91 Å². The molecule has 0 atom stereocenters. The van der Waals surface area contributed by atoms with Crippen LogP contribution < -0.4 is 10.6 Å². The number of para-hydroxylation sites is 1. The third-order valence-electron chi connectivity index (χ3n) is 4.61. The van der Waals surface area contributed by atoms with Gasteiger partial charge in [0.25, 0.3) is 5.91 Å². The van der Waals surface area contributed by atoms with Crippen molar-refractivity contribution in [2.75, 3.05) is 10.6 Å². The minimum Gasteiger partial charge on any atom is -0.338 e. The van der Waals surface area contributed by atoms with Crippen LogP contribution in [0.25, 0.3) is 10.9 Å². The van der Waals surface area contributed by atoms with Gasteiger partial charge in [-0.2, -0.15) is 0 Å². The Morgan fingerprint density at radius 2 is 1.72 bits per heavy atom. The van der Waals surface area contributed by atoms with Crippen LogP contribution in [0.2, 0.25) is 0 Å². The molecule has 2 N–H and O–H groups in total. The van der Waals surface area contributed by atoms with Crippen LogP contribution in [0, 0.1) is 20.8 Å². The van der Waals surface area contributed by atoms with Gasteiger partial charge in [-0.25, -0.2) is 9.97 Å². The summed E-state index contributed by atoms with van der Waals surface area (Å²) in [5, 5.41) is 7.24. The summed E-state index contributed by atoms with van der Waals surface area (Å²) >= 11 is 0. The van der Waals surface area contributed by atoms with Gasteiger partial charge in [-0.3, -0.25) is 9.78 Å². The van der Waals surface area contributed by atoms with Crippen molar-refractivity contribution in [3.8, 4) is 0 Å². The number of nitrogens with one attached hydrogen (secondary N) is 2. The number of carbonyl (C=O) groups excluding carboxylic acids is 1. The van der Waals surface area contributed by atoms with E-state index in [2.05, 4.69) is 25.6 Å². The summed E-state index contributed by atoms with van der Waals surface area (Å²) in [5.41, 5.74) is 4.81. The highest BCUT2D eigenvalue weighted by Crippen LogP contribution is 2.24. The molecular weight excluding hydrogens is 362 g/mol. The Balaban J connectivity index is 1.63. The Hall–Kier alpha value is -3.80. The van der Waals surface area contributed by atoms with Gasteiger partial charge < -0.3 is 10.6 Å². The number of aryl methyl sites for hydroxylation is 3. The topological polar surface area (TPSA) is 79.8 Å². The molecule has 29 heavy (non-hydrogen) atoms. The molecule has 144 valence electrons. The molecule has 0 spiro atoms. The molecule has 0 saturated carbocycles. The molecule has 0 unspecified atom stereocenters. The van der Waals surface area contributed by atoms with Crippen molar-refractivity contribution in [3.05, 3.63) is 83.4 Å². The molecule has 4 aromatic rings. The third-order valence-corrected chi connectivity index (χ3v) is 4.61. The largest absolute Gasteiger partial charge is 0.338 e. The van der Waals surface area contributed by atoms with Gasteiger partial charge in [-0.15, -0.1) is 0 Å². The normalized spacial score (nSPS) is 10.7. The van der Waals surface area contributed by atoms with E-state index in [0.717, 1.165) is 33.4 Å². The average molecular weight is 383 g/mol. The lowest BCUT2D eigenvalue weighted by molar-refractivity contribution is 0.102. The summed E-state index contributed by atoms with van der Waals surface area (Å²) in [6, 6.07) is 17.4. The lowest BCUT2D eigenvalue weighted by Gasteiger charge is -2.12. The molecular formula is C23H21N5O. The monoisotopic (exact) mass is 383 g/mol. The quantitative estimate of drug-likeness (QED) is 0.521. The number of hydrogen-bond acceptors (Lipinski definition) is 5. The second-order valence-corrected chi connectivity index (χ2v) is 6.96. The van der Waals surface area contributed by atoms with Gasteiger partial charge in [0, 0.05) is 23.3 Å². The molecule has 0 aliphatic heterocycles. The molecule has 0 bridgehead atoms. The van der Waals surface area contributed by atoms with Crippen molar-refractivity contribution in [1.82, 2.24) is 15.0 Å². The Labute approximate surface area is 169 Å². The van der Waals surface area contributed by atoms with Crippen LogP contribution in [0.1, 0.15) is 27.4 Å². The lowest BCUT2D eigenvalue weighted by Crippen LogP contribution is -2.16. The fourth-order valence-electron chi connectivity index (χ4n) is 3.15. The van der Waals surface area contributed by atoms with E-state index < -0.39 is 0 Å². The van der Waals surface area contributed by atoms with E-state index in [0.29, 0.717) is 17.3 Å². The predicted molar refractivity (Wildman–Crippen MR) is 116 cm³/mol.